The number of hydrogen-bond donors (Lipinski definition) is 1. The van der Waals surface area contributed by atoms with E-state index in [2.05, 4.69) is 78.7 Å². The van der Waals surface area contributed by atoms with Crippen LogP contribution >= 0.6 is 0 Å². The van der Waals surface area contributed by atoms with Crippen molar-refractivity contribution in [2.24, 2.45) is 0 Å². The molecule has 1 heterocycles. The number of benzene rings is 3. The van der Waals surface area contributed by atoms with Crippen molar-refractivity contribution in [2.75, 3.05) is 5.32 Å². The molecule has 0 aliphatic heterocycles. The molecule has 4 rings (SSSR count). The van der Waals surface area contributed by atoms with E-state index >= 15 is 0 Å². The Hall–Kier alpha value is -0.922. The van der Waals surface area contributed by atoms with Crippen LogP contribution in [0.3, 0.4) is 0 Å². The molecule has 0 fully saturated rings. The number of rotatable bonds is 3. The number of pyridine rings is 1. The van der Waals surface area contributed by atoms with Crippen LogP contribution < -0.4 is 5.32 Å². The molecule has 1 N–H and O–H groups in total. The maximum absolute atomic E-state index is 4.48. The van der Waals surface area contributed by atoms with E-state index in [0.29, 0.717) is 0 Å². The van der Waals surface area contributed by atoms with Gasteiger partial charge >= 0.3 is 0 Å². The summed E-state index contributed by atoms with van der Waals surface area (Å²) in [6.07, 6.45) is 1.85. The molecule has 28 heavy (non-hydrogen) atoms. The Morgan fingerprint density at radius 1 is 0.857 bits per heavy atom. The van der Waals surface area contributed by atoms with Gasteiger partial charge < -0.3 is 5.32 Å². The fourth-order valence-corrected chi connectivity index (χ4v) is 3.14. The molecular formula is C24H20N2Y2-2. The molecule has 134 valence electrons. The van der Waals surface area contributed by atoms with Gasteiger partial charge in [-0.15, -0.1) is 34.9 Å². The molecule has 0 aliphatic carbocycles. The van der Waals surface area contributed by atoms with Crippen LogP contribution in [0.4, 0.5) is 11.4 Å². The monoisotopic (exact) mass is 514 g/mol. The third-order valence-corrected chi connectivity index (χ3v) is 4.46. The SMILES string of the molecule is Cc1[c-]cc(-c2[c-]c(C)cc(Nc3ccnc4cc(C)ccc34)c2)cc1.[Y].[Y]. The molecule has 0 bridgehead atoms. The van der Waals surface area contributed by atoms with Gasteiger partial charge in [-0.3, -0.25) is 4.98 Å². The number of aryl methyl sites for hydroxylation is 3. The first-order valence-corrected chi connectivity index (χ1v) is 8.73. The number of aromatic nitrogens is 1. The van der Waals surface area contributed by atoms with Crippen LogP contribution in [0, 0.1) is 32.9 Å². The Bertz CT molecular complexity index is 1090. The van der Waals surface area contributed by atoms with Crippen molar-refractivity contribution >= 4 is 22.3 Å². The van der Waals surface area contributed by atoms with E-state index in [1.165, 1.54) is 5.56 Å². The normalized spacial score (nSPS) is 10.1. The summed E-state index contributed by atoms with van der Waals surface area (Å²) < 4.78 is 0. The molecular weight excluding hydrogens is 494 g/mol. The predicted octanol–water partition coefficient (Wildman–Crippen LogP) is 6.17. The number of nitrogens with zero attached hydrogens (tertiary/aromatic N) is 1. The van der Waals surface area contributed by atoms with Gasteiger partial charge in [0.15, 0.2) is 0 Å². The fraction of sp³-hybridized carbons (Fsp3) is 0.125. The van der Waals surface area contributed by atoms with Crippen LogP contribution in [-0.4, -0.2) is 4.98 Å². The van der Waals surface area contributed by atoms with Gasteiger partial charge in [0, 0.05) is 82.7 Å². The predicted molar refractivity (Wildman–Crippen MR) is 109 cm³/mol. The summed E-state index contributed by atoms with van der Waals surface area (Å²) in [5, 5.41) is 4.68. The molecule has 0 spiro atoms. The topological polar surface area (TPSA) is 24.9 Å². The first-order chi connectivity index (χ1) is 12.6. The summed E-state index contributed by atoms with van der Waals surface area (Å²) in [6.45, 7) is 6.20. The van der Waals surface area contributed by atoms with Crippen molar-refractivity contribution in [3.05, 3.63) is 89.6 Å². The van der Waals surface area contributed by atoms with Gasteiger partial charge in [0.05, 0.1) is 5.52 Å². The van der Waals surface area contributed by atoms with Crippen LogP contribution in [-0.2, 0) is 65.4 Å². The summed E-state index contributed by atoms with van der Waals surface area (Å²) >= 11 is 0. The largest absolute Gasteiger partial charge is 0.372 e. The minimum atomic E-state index is 0. The van der Waals surface area contributed by atoms with Gasteiger partial charge in [0.2, 0.25) is 0 Å². The smallest absolute Gasteiger partial charge is 0.0725 e. The van der Waals surface area contributed by atoms with Gasteiger partial charge in [-0.2, -0.15) is 29.8 Å². The molecule has 0 aliphatic rings. The Morgan fingerprint density at radius 2 is 1.68 bits per heavy atom. The van der Waals surface area contributed by atoms with Gasteiger partial charge in [0.25, 0.3) is 0 Å². The van der Waals surface area contributed by atoms with Crippen LogP contribution in [0.25, 0.3) is 22.0 Å². The molecule has 0 saturated heterocycles. The second kappa shape index (κ2) is 10.2. The first kappa shape index (κ1) is 23.4. The molecule has 0 atom stereocenters. The molecule has 1 aromatic heterocycles. The standard InChI is InChI=1S/C24H20N2.2Y/c1-16-4-7-19(8-5-16)20-12-18(3)13-21(15-20)26-23-10-11-25-24-14-17(2)6-9-22(23)24;;/h4,6-11,13-15H,1-3H3,(H,25,26);;/q-2;;. The Morgan fingerprint density at radius 3 is 2.43 bits per heavy atom. The van der Waals surface area contributed by atoms with E-state index in [9.17, 15) is 0 Å². The number of fused-ring (bicyclic) bond motifs is 1. The summed E-state index contributed by atoms with van der Waals surface area (Å²) in [4.78, 5) is 4.48. The van der Waals surface area contributed by atoms with E-state index in [1.54, 1.807) is 0 Å². The minimum absolute atomic E-state index is 0. The van der Waals surface area contributed by atoms with Crippen LogP contribution in [0.2, 0.25) is 0 Å². The molecule has 2 radical (unpaired) electrons. The van der Waals surface area contributed by atoms with Crippen molar-refractivity contribution in [2.45, 2.75) is 20.8 Å². The maximum atomic E-state index is 4.48. The summed E-state index contributed by atoms with van der Waals surface area (Å²) in [7, 11) is 0. The molecule has 3 aromatic carbocycles. The average molecular weight is 514 g/mol. The zero-order chi connectivity index (χ0) is 18.1. The second-order valence-corrected chi connectivity index (χ2v) is 6.73. The molecule has 0 unspecified atom stereocenters. The molecule has 4 aromatic rings. The van der Waals surface area contributed by atoms with Gasteiger partial charge in [-0.25, -0.2) is 0 Å². The Labute approximate surface area is 217 Å². The quantitative estimate of drug-likeness (QED) is 0.331. The van der Waals surface area contributed by atoms with E-state index in [0.717, 1.165) is 44.5 Å². The van der Waals surface area contributed by atoms with Crippen molar-refractivity contribution in [3.63, 3.8) is 0 Å². The fourth-order valence-electron chi connectivity index (χ4n) is 3.14. The van der Waals surface area contributed by atoms with Crippen molar-refractivity contribution < 1.29 is 65.4 Å². The molecule has 2 nitrogen and oxygen atoms in total. The first-order valence-electron chi connectivity index (χ1n) is 8.73. The Balaban J connectivity index is 0.00000140. The second-order valence-electron chi connectivity index (χ2n) is 6.73. The summed E-state index contributed by atoms with van der Waals surface area (Å²) in [6, 6.07) is 25.5. The third-order valence-electron chi connectivity index (χ3n) is 4.46. The number of hydrogen-bond acceptors (Lipinski definition) is 2. The molecule has 0 amide bonds. The van der Waals surface area contributed by atoms with Crippen molar-refractivity contribution in [3.8, 4) is 11.1 Å². The van der Waals surface area contributed by atoms with Gasteiger partial charge in [0.1, 0.15) is 0 Å². The van der Waals surface area contributed by atoms with Crippen LogP contribution in [0.1, 0.15) is 16.7 Å². The number of nitrogens with one attached hydrogen (secondary N) is 1. The zero-order valence-corrected chi connectivity index (χ0v) is 22.1. The summed E-state index contributed by atoms with van der Waals surface area (Å²) in [5.41, 5.74) is 8.74. The van der Waals surface area contributed by atoms with E-state index in [1.807, 2.05) is 25.3 Å². The van der Waals surface area contributed by atoms with Gasteiger partial charge in [-0.05, 0) is 30.3 Å². The van der Waals surface area contributed by atoms with Crippen molar-refractivity contribution in [1.29, 1.82) is 0 Å². The van der Waals surface area contributed by atoms with E-state index in [4.69, 9.17) is 0 Å². The van der Waals surface area contributed by atoms with Crippen LogP contribution in [0.5, 0.6) is 0 Å². The number of anilines is 2. The van der Waals surface area contributed by atoms with E-state index < -0.39 is 0 Å². The minimum Gasteiger partial charge on any atom is -0.372 e. The van der Waals surface area contributed by atoms with Gasteiger partial charge in [-0.1, -0.05) is 26.0 Å². The van der Waals surface area contributed by atoms with Crippen LogP contribution in [0.15, 0.2) is 60.8 Å². The Kier molecular flexibility index (Phi) is 8.52. The van der Waals surface area contributed by atoms with E-state index in [-0.39, 0.29) is 65.4 Å². The molecule has 4 heteroatoms. The molecule has 0 saturated carbocycles. The summed E-state index contributed by atoms with van der Waals surface area (Å²) in [5.74, 6) is 0. The maximum Gasteiger partial charge on any atom is 0.0725 e. The van der Waals surface area contributed by atoms with Crippen molar-refractivity contribution in [1.82, 2.24) is 4.98 Å². The average Bonchev–Trinajstić information content (AvgIpc) is 2.62. The third kappa shape index (κ3) is 5.36. The zero-order valence-electron chi connectivity index (χ0n) is 16.4.